The molecule has 0 aliphatic heterocycles. The minimum atomic E-state index is 0.498. The molecule has 1 unspecified atom stereocenters. The standard InChI is InChI=1S/C15H22IN/c1-15(9-3-4-10-15)14(17-2)11-12-5-7-13(16)8-6-12/h5-8,14,17H,3-4,9-11H2,1-2H3. The number of likely N-dealkylation sites (N-methyl/N-ethyl adjacent to an activating group) is 1. The lowest BCUT2D eigenvalue weighted by atomic mass is 9.78. The van der Waals surface area contributed by atoms with Crippen LogP contribution < -0.4 is 5.32 Å². The Kier molecular flexibility index (Phi) is 4.47. The highest BCUT2D eigenvalue weighted by atomic mass is 127. The van der Waals surface area contributed by atoms with E-state index in [0.29, 0.717) is 11.5 Å². The van der Waals surface area contributed by atoms with Gasteiger partial charge in [-0.1, -0.05) is 31.9 Å². The second-order valence-corrected chi connectivity index (χ2v) is 6.78. The van der Waals surface area contributed by atoms with Crippen molar-refractivity contribution in [2.45, 2.75) is 45.1 Å². The number of nitrogens with one attached hydrogen (secondary N) is 1. The molecule has 2 rings (SSSR count). The Morgan fingerprint density at radius 1 is 1.24 bits per heavy atom. The molecule has 94 valence electrons. The molecule has 1 aromatic carbocycles. The number of rotatable bonds is 4. The van der Waals surface area contributed by atoms with E-state index in [2.05, 4.69) is 66.1 Å². The summed E-state index contributed by atoms with van der Waals surface area (Å²) in [7, 11) is 2.11. The molecule has 0 spiro atoms. The summed E-state index contributed by atoms with van der Waals surface area (Å²) in [6, 6.07) is 9.57. The zero-order valence-corrected chi connectivity index (χ0v) is 13.0. The highest BCUT2D eigenvalue weighted by Gasteiger charge is 2.35. The third-order valence-corrected chi connectivity index (χ3v) is 5.01. The second kappa shape index (κ2) is 5.70. The fourth-order valence-corrected chi connectivity index (χ4v) is 3.44. The molecular formula is C15H22IN. The van der Waals surface area contributed by atoms with Crippen LogP contribution in [0.2, 0.25) is 0 Å². The average molecular weight is 343 g/mol. The van der Waals surface area contributed by atoms with Gasteiger partial charge in [0.15, 0.2) is 0 Å². The van der Waals surface area contributed by atoms with Crippen LogP contribution in [0.15, 0.2) is 24.3 Å². The van der Waals surface area contributed by atoms with Crippen LogP contribution in [-0.2, 0) is 6.42 Å². The van der Waals surface area contributed by atoms with Crippen molar-refractivity contribution in [1.82, 2.24) is 5.32 Å². The van der Waals surface area contributed by atoms with Crippen molar-refractivity contribution in [3.8, 4) is 0 Å². The lowest BCUT2D eigenvalue weighted by molar-refractivity contribution is 0.229. The van der Waals surface area contributed by atoms with Crippen molar-refractivity contribution in [3.63, 3.8) is 0 Å². The van der Waals surface area contributed by atoms with Crippen LogP contribution >= 0.6 is 22.6 Å². The number of hydrogen-bond donors (Lipinski definition) is 1. The summed E-state index contributed by atoms with van der Waals surface area (Å²) in [4.78, 5) is 0. The van der Waals surface area contributed by atoms with Crippen LogP contribution in [0.1, 0.15) is 38.2 Å². The van der Waals surface area contributed by atoms with E-state index in [1.54, 1.807) is 0 Å². The first kappa shape index (κ1) is 13.3. The molecule has 2 heteroatoms. The maximum absolute atomic E-state index is 3.55. The van der Waals surface area contributed by atoms with Crippen LogP contribution in [0.3, 0.4) is 0 Å². The fourth-order valence-electron chi connectivity index (χ4n) is 3.08. The van der Waals surface area contributed by atoms with Crippen molar-refractivity contribution in [3.05, 3.63) is 33.4 Å². The molecule has 1 fully saturated rings. The SMILES string of the molecule is CNC(Cc1ccc(I)cc1)C1(C)CCCC1. The van der Waals surface area contributed by atoms with E-state index in [-0.39, 0.29) is 0 Å². The van der Waals surface area contributed by atoms with Gasteiger partial charge in [-0.25, -0.2) is 0 Å². The summed E-state index contributed by atoms with van der Waals surface area (Å²) in [6.07, 6.45) is 6.72. The first-order chi connectivity index (χ1) is 8.14. The Labute approximate surface area is 119 Å². The zero-order chi connectivity index (χ0) is 12.3. The Bertz CT molecular complexity index is 352. The molecule has 1 atom stereocenters. The Morgan fingerprint density at radius 2 is 1.82 bits per heavy atom. The highest BCUT2D eigenvalue weighted by Crippen LogP contribution is 2.41. The molecule has 1 aliphatic carbocycles. The van der Waals surface area contributed by atoms with E-state index < -0.39 is 0 Å². The van der Waals surface area contributed by atoms with Crippen molar-refractivity contribution in [2.24, 2.45) is 5.41 Å². The van der Waals surface area contributed by atoms with E-state index in [1.807, 2.05) is 0 Å². The number of halogens is 1. The van der Waals surface area contributed by atoms with Crippen LogP contribution in [0.5, 0.6) is 0 Å². The molecule has 1 saturated carbocycles. The minimum absolute atomic E-state index is 0.498. The summed E-state index contributed by atoms with van der Waals surface area (Å²) in [5.74, 6) is 0. The summed E-state index contributed by atoms with van der Waals surface area (Å²) < 4.78 is 1.32. The molecule has 0 bridgehead atoms. The van der Waals surface area contributed by atoms with Gasteiger partial charge in [-0.3, -0.25) is 0 Å². The molecule has 1 aliphatic rings. The first-order valence-corrected chi connectivity index (χ1v) is 7.64. The van der Waals surface area contributed by atoms with E-state index in [9.17, 15) is 0 Å². The zero-order valence-electron chi connectivity index (χ0n) is 10.8. The molecule has 17 heavy (non-hydrogen) atoms. The average Bonchev–Trinajstić information content (AvgIpc) is 2.76. The highest BCUT2D eigenvalue weighted by molar-refractivity contribution is 14.1. The Balaban J connectivity index is 2.06. The Hall–Kier alpha value is -0.0900. The lowest BCUT2D eigenvalue weighted by Gasteiger charge is -2.34. The topological polar surface area (TPSA) is 12.0 Å². The van der Waals surface area contributed by atoms with Gasteiger partial charge in [0.05, 0.1) is 0 Å². The van der Waals surface area contributed by atoms with E-state index in [0.717, 1.165) is 6.42 Å². The van der Waals surface area contributed by atoms with Gasteiger partial charge in [0.25, 0.3) is 0 Å². The summed E-state index contributed by atoms with van der Waals surface area (Å²) >= 11 is 2.36. The third-order valence-electron chi connectivity index (χ3n) is 4.29. The van der Waals surface area contributed by atoms with Gasteiger partial charge in [-0.2, -0.15) is 0 Å². The predicted molar refractivity (Wildman–Crippen MR) is 82.3 cm³/mol. The summed E-state index contributed by atoms with van der Waals surface area (Å²) in [5.41, 5.74) is 1.95. The third kappa shape index (κ3) is 3.22. The Morgan fingerprint density at radius 3 is 2.35 bits per heavy atom. The molecule has 0 radical (unpaired) electrons. The van der Waals surface area contributed by atoms with E-state index in [4.69, 9.17) is 0 Å². The summed E-state index contributed by atoms with van der Waals surface area (Å²) in [6.45, 7) is 2.45. The quantitative estimate of drug-likeness (QED) is 0.815. The molecule has 0 aromatic heterocycles. The van der Waals surface area contributed by atoms with Gasteiger partial charge in [-0.15, -0.1) is 0 Å². The number of benzene rings is 1. The largest absolute Gasteiger partial charge is 0.316 e. The van der Waals surface area contributed by atoms with Crippen LogP contribution in [-0.4, -0.2) is 13.1 Å². The molecule has 0 heterocycles. The molecule has 1 nitrogen and oxygen atoms in total. The molecule has 0 amide bonds. The van der Waals surface area contributed by atoms with Crippen molar-refractivity contribution < 1.29 is 0 Å². The van der Waals surface area contributed by atoms with E-state index >= 15 is 0 Å². The number of hydrogen-bond acceptors (Lipinski definition) is 1. The van der Waals surface area contributed by atoms with Gasteiger partial charge in [0.1, 0.15) is 0 Å². The van der Waals surface area contributed by atoms with Gasteiger partial charge in [0.2, 0.25) is 0 Å². The monoisotopic (exact) mass is 343 g/mol. The molecule has 1 aromatic rings. The minimum Gasteiger partial charge on any atom is -0.316 e. The fraction of sp³-hybridized carbons (Fsp3) is 0.600. The normalized spacial score (nSPS) is 20.4. The van der Waals surface area contributed by atoms with Gasteiger partial charge in [-0.05, 0) is 72.0 Å². The van der Waals surface area contributed by atoms with Crippen molar-refractivity contribution in [1.29, 1.82) is 0 Å². The maximum Gasteiger partial charge on any atom is 0.0158 e. The van der Waals surface area contributed by atoms with E-state index in [1.165, 1.54) is 34.8 Å². The van der Waals surface area contributed by atoms with Crippen LogP contribution in [0, 0.1) is 8.99 Å². The molecule has 1 N–H and O–H groups in total. The van der Waals surface area contributed by atoms with Gasteiger partial charge < -0.3 is 5.32 Å². The predicted octanol–water partition coefficient (Wildman–Crippen LogP) is 4.00. The van der Waals surface area contributed by atoms with Crippen LogP contribution in [0.4, 0.5) is 0 Å². The molecular weight excluding hydrogens is 321 g/mol. The molecule has 0 saturated heterocycles. The smallest absolute Gasteiger partial charge is 0.0158 e. The van der Waals surface area contributed by atoms with Crippen LogP contribution in [0.25, 0.3) is 0 Å². The summed E-state index contributed by atoms with van der Waals surface area (Å²) in [5, 5.41) is 3.55. The second-order valence-electron chi connectivity index (χ2n) is 5.53. The van der Waals surface area contributed by atoms with Crippen molar-refractivity contribution >= 4 is 22.6 Å². The van der Waals surface area contributed by atoms with Gasteiger partial charge >= 0.3 is 0 Å². The van der Waals surface area contributed by atoms with Gasteiger partial charge in [0, 0.05) is 9.61 Å². The lowest BCUT2D eigenvalue weighted by Crippen LogP contribution is -2.41. The first-order valence-electron chi connectivity index (χ1n) is 6.56. The maximum atomic E-state index is 3.55. The van der Waals surface area contributed by atoms with Crippen molar-refractivity contribution in [2.75, 3.05) is 7.05 Å².